The minimum absolute atomic E-state index is 0.136. The molecule has 0 bridgehead atoms. The third kappa shape index (κ3) is 5.91. The third-order valence-corrected chi connectivity index (χ3v) is 6.93. The first-order valence-corrected chi connectivity index (χ1v) is 13.4. The Labute approximate surface area is 238 Å². The summed E-state index contributed by atoms with van der Waals surface area (Å²) in [5.41, 5.74) is 3.53. The van der Waals surface area contributed by atoms with E-state index in [1.165, 1.54) is 0 Å². The van der Waals surface area contributed by atoms with E-state index in [-0.39, 0.29) is 6.61 Å². The van der Waals surface area contributed by atoms with E-state index in [1.54, 1.807) is 11.6 Å². The Morgan fingerprint density at radius 3 is 2.54 bits per heavy atom. The smallest absolute Gasteiger partial charge is 0.338 e. The molecular weight excluding hydrogens is 586 g/mol. The molecule has 4 aromatic rings. The van der Waals surface area contributed by atoms with Crippen molar-refractivity contribution in [3.05, 3.63) is 104 Å². The van der Waals surface area contributed by atoms with Crippen molar-refractivity contribution in [1.82, 2.24) is 20.2 Å². The minimum atomic E-state index is -0.666. The van der Waals surface area contributed by atoms with E-state index in [0.29, 0.717) is 57.0 Å². The molecule has 0 spiro atoms. The molecule has 5 rings (SSSR count). The number of hydrogen-bond donors (Lipinski definition) is 1. The molecule has 39 heavy (non-hydrogen) atoms. The fourth-order valence-electron chi connectivity index (χ4n) is 4.27. The van der Waals surface area contributed by atoms with E-state index in [0.717, 1.165) is 11.1 Å². The molecule has 2 heterocycles. The van der Waals surface area contributed by atoms with Crippen molar-refractivity contribution >= 4 is 39.4 Å². The monoisotopic (exact) mass is 609 g/mol. The van der Waals surface area contributed by atoms with Crippen molar-refractivity contribution in [2.24, 2.45) is 0 Å². The standard InChI is InChI=1S/C28H25BrClN5O4/c1-3-37-23-14-20(13-22(29)26(23)38-15-19-9-11-21(30)12-10-19)25-24(17(2)31-28-32-33-34-35(25)28)27(36)39-16-18-7-5-4-6-8-18/h4-14,25H,3,15-16H2,1-2H3,(H,31,32,34). The molecule has 9 nitrogen and oxygen atoms in total. The lowest BCUT2D eigenvalue weighted by atomic mass is 9.95. The molecule has 0 saturated carbocycles. The number of ether oxygens (including phenoxy) is 3. The van der Waals surface area contributed by atoms with E-state index in [4.69, 9.17) is 25.8 Å². The molecule has 1 aromatic heterocycles. The average Bonchev–Trinajstić information content (AvgIpc) is 3.40. The maximum Gasteiger partial charge on any atom is 0.338 e. The molecule has 0 aliphatic carbocycles. The number of nitrogens with zero attached hydrogens (tertiary/aromatic N) is 4. The van der Waals surface area contributed by atoms with E-state index in [9.17, 15) is 4.79 Å². The highest BCUT2D eigenvalue weighted by Gasteiger charge is 2.36. The summed E-state index contributed by atoms with van der Waals surface area (Å²) in [6.07, 6.45) is 0. The molecular formula is C28H25BrClN5O4. The molecule has 0 amide bonds. The molecule has 1 aliphatic heterocycles. The molecule has 0 fully saturated rings. The van der Waals surface area contributed by atoms with Crippen LogP contribution in [0.2, 0.25) is 5.02 Å². The predicted molar refractivity (Wildman–Crippen MR) is 150 cm³/mol. The summed E-state index contributed by atoms with van der Waals surface area (Å²) in [5, 5.41) is 15.8. The van der Waals surface area contributed by atoms with E-state index in [1.807, 2.05) is 73.7 Å². The second kappa shape index (κ2) is 11.9. The lowest BCUT2D eigenvalue weighted by Crippen LogP contribution is -2.29. The number of rotatable bonds is 9. The fourth-order valence-corrected chi connectivity index (χ4v) is 4.97. The first-order chi connectivity index (χ1) is 18.9. The first-order valence-electron chi connectivity index (χ1n) is 12.2. The summed E-state index contributed by atoms with van der Waals surface area (Å²) < 4.78 is 20.0. The van der Waals surface area contributed by atoms with Gasteiger partial charge in [0.1, 0.15) is 19.3 Å². The lowest BCUT2D eigenvalue weighted by Gasteiger charge is -2.28. The highest BCUT2D eigenvalue weighted by molar-refractivity contribution is 9.10. The SMILES string of the molecule is CCOc1cc(C2C(C(=O)OCc3ccccc3)=C(C)Nc3nnnn32)cc(Br)c1OCc1ccc(Cl)cc1. The number of allylic oxidation sites excluding steroid dienone is 1. The quantitative estimate of drug-likeness (QED) is 0.227. The van der Waals surface area contributed by atoms with Gasteiger partial charge in [-0.3, -0.25) is 0 Å². The van der Waals surface area contributed by atoms with Gasteiger partial charge in [0, 0.05) is 10.7 Å². The van der Waals surface area contributed by atoms with Crippen molar-refractivity contribution < 1.29 is 19.0 Å². The summed E-state index contributed by atoms with van der Waals surface area (Å²) in [4.78, 5) is 13.5. The molecule has 3 aromatic carbocycles. The van der Waals surface area contributed by atoms with Crippen molar-refractivity contribution in [2.75, 3.05) is 11.9 Å². The molecule has 11 heteroatoms. The van der Waals surface area contributed by atoms with Gasteiger partial charge in [-0.05, 0) is 81.2 Å². The summed E-state index contributed by atoms with van der Waals surface area (Å²) in [7, 11) is 0. The number of aromatic nitrogens is 4. The number of halogens is 2. The predicted octanol–water partition coefficient (Wildman–Crippen LogP) is 6.10. The van der Waals surface area contributed by atoms with Crippen LogP contribution in [-0.4, -0.2) is 32.8 Å². The number of carbonyl (C=O) groups is 1. The van der Waals surface area contributed by atoms with Gasteiger partial charge in [0.15, 0.2) is 11.5 Å². The Kier molecular flexibility index (Phi) is 8.13. The van der Waals surface area contributed by atoms with Crippen LogP contribution in [0.1, 0.15) is 36.6 Å². The highest BCUT2D eigenvalue weighted by atomic mass is 79.9. The molecule has 1 N–H and O–H groups in total. The molecule has 1 unspecified atom stereocenters. The van der Waals surface area contributed by atoms with E-state index < -0.39 is 12.0 Å². The van der Waals surface area contributed by atoms with Gasteiger partial charge in [-0.25, -0.2) is 4.79 Å². The van der Waals surface area contributed by atoms with E-state index >= 15 is 0 Å². The topological polar surface area (TPSA) is 100 Å². The van der Waals surface area contributed by atoms with Crippen LogP contribution < -0.4 is 14.8 Å². The van der Waals surface area contributed by atoms with Crippen LogP contribution in [-0.2, 0) is 22.7 Å². The maximum absolute atomic E-state index is 13.5. The van der Waals surface area contributed by atoms with Crippen LogP contribution in [0.25, 0.3) is 0 Å². The number of carbonyl (C=O) groups excluding carboxylic acids is 1. The van der Waals surface area contributed by atoms with Gasteiger partial charge in [-0.1, -0.05) is 59.2 Å². The Balaban J connectivity index is 1.48. The summed E-state index contributed by atoms with van der Waals surface area (Å²) in [5.74, 6) is 0.982. The highest BCUT2D eigenvalue weighted by Crippen LogP contribution is 2.43. The zero-order valence-corrected chi connectivity index (χ0v) is 23.6. The van der Waals surface area contributed by atoms with Gasteiger partial charge >= 0.3 is 5.97 Å². The van der Waals surface area contributed by atoms with Crippen LogP contribution in [0.5, 0.6) is 11.5 Å². The molecule has 0 saturated heterocycles. The zero-order chi connectivity index (χ0) is 27.4. The van der Waals surface area contributed by atoms with Gasteiger partial charge in [0.05, 0.1) is 16.7 Å². The van der Waals surface area contributed by atoms with Crippen molar-refractivity contribution in [3.8, 4) is 11.5 Å². The van der Waals surface area contributed by atoms with Crippen molar-refractivity contribution in [3.63, 3.8) is 0 Å². The lowest BCUT2D eigenvalue weighted by molar-refractivity contribution is -0.140. The van der Waals surface area contributed by atoms with Crippen molar-refractivity contribution in [2.45, 2.75) is 33.1 Å². The van der Waals surface area contributed by atoms with Crippen LogP contribution in [0, 0.1) is 0 Å². The molecule has 200 valence electrons. The summed E-state index contributed by atoms with van der Waals surface area (Å²) >= 11 is 9.66. The van der Waals surface area contributed by atoms with Gasteiger partial charge < -0.3 is 19.5 Å². The second-order valence-corrected chi connectivity index (χ2v) is 10.0. The Morgan fingerprint density at radius 2 is 1.79 bits per heavy atom. The average molecular weight is 611 g/mol. The van der Waals surface area contributed by atoms with Crippen LogP contribution >= 0.6 is 27.5 Å². The number of fused-ring (bicyclic) bond motifs is 1. The minimum Gasteiger partial charge on any atom is -0.490 e. The summed E-state index contributed by atoms with van der Waals surface area (Å²) in [6, 6.07) is 20.0. The Bertz CT molecular complexity index is 1510. The number of hydrogen-bond acceptors (Lipinski definition) is 8. The number of nitrogens with one attached hydrogen (secondary N) is 1. The number of benzene rings is 3. The largest absolute Gasteiger partial charge is 0.490 e. The molecule has 0 radical (unpaired) electrons. The van der Waals surface area contributed by atoms with Crippen molar-refractivity contribution in [1.29, 1.82) is 0 Å². The zero-order valence-electron chi connectivity index (χ0n) is 21.2. The van der Waals surface area contributed by atoms with Crippen LogP contribution in [0.3, 0.4) is 0 Å². The van der Waals surface area contributed by atoms with Gasteiger partial charge in [-0.15, -0.1) is 0 Å². The number of esters is 1. The van der Waals surface area contributed by atoms with Crippen LogP contribution in [0.4, 0.5) is 5.95 Å². The fraction of sp³-hybridized carbons (Fsp3) is 0.214. The third-order valence-electron chi connectivity index (χ3n) is 6.09. The normalized spacial score (nSPS) is 14.4. The Hall–Kier alpha value is -3.89. The van der Waals surface area contributed by atoms with E-state index in [2.05, 4.69) is 36.8 Å². The first kappa shape index (κ1) is 26.7. The number of tetrazole rings is 1. The van der Waals surface area contributed by atoms with Gasteiger partial charge in [0.2, 0.25) is 5.95 Å². The number of anilines is 1. The molecule has 1 atom stereocenters. The Morgan fingerprint density at radius 1 is 1.05 bits per heavy atom. The molecule has 1 aliphatic rings. The van der Waals surface area contributed by atoms with Crippen LogP contribution in [0.15, 0.2) is 82.5 Å². The second-order valence-electron chi connectivity index (χ2n) is 8.75. The van der Waals surface area contributed by atoms with Gasteiger partial charge in [-0.2, -0.15) is 4.68 Å². The van der Waals surface area contributed by atoms with Gasteiger partial charge in [0.25, 0.3) is 0 Å². The summed E-state index contributed by atoms with van der Waals surface area (Å²) in [6.45, 7) is 4.56. The maximum atomic E-state index is 13.5.